The van der Waals surface area contributed by atoms with Crippen LogP contribution in [0.5, 0.6) is 0 Å². The van der Waals surface area contributed by atoms with E-state index in [4.69, 9.17) is 5.73 Å². The van der Waals surface area contributed by atoms with E-state index in [0.717, 1.165) is 25.9 Å². The first kappa shape index (κ1) is 11.5. The SMILES string of the molecule is CCC1CN(C(=O)c2csnn2)CCC1N. The summed E-state index contributed by atoms with van der Waals surface area (Å²) in [6, 6.07) is 0.225. The fraction of sp³-hybridized carbons (Fsp3) is 0.700. The molecule has 1 aliphatic heterocycles. The van der Waals surface area contributed by atoms with Gasteiger partial charge in [-0.05, 0) is 23.9 Å². The standard InChI is InChI=1S/C10H16N4OS/c1-2-7-5-14(4-3-8(7)11)10(15)9-6-16-13-12-9/h6-8H,2-5,11H2,1H3. The zero-order chi connectivity index (χ0) is 11.5. The highest BCUT2D eigenvalue weighted by molar-refractivity contribution is 7.03. The summed E-state index contributed by atoms with van der Waals surface area (Å²) in [6.07, 6.45) is 1.89. The van der Waals surface area contributed by atoms with E-state index in [1.54, 1.807) is 5.38 Å². The third-order valence-corrected chi connectivity index (χ3v) is 3.69. The normalized spacial score (nSPS) is 25.8. The van der Waals surface area contributed by atoms with E-state index in [9.17, 15) is 4.79 Å². The second kappa shape index (κ2) is 4.88. The molecule has 5 nitrogen and oxygen atoms in total. The lowest BCUT2D eigenvalue weighted by atomic mass is 9.90. The third kappa shape index (κ3) is 2.22. The van der Waals surface area contributed by atoms with Gasteiger partial charge >= 0.3 is 0 Å². The lowest BCUT2D eigenvalue weighted by Crippen LogP contribution is -2.49. The molecule has 2 atom stereocenters. The van der Waals surface area contributed by atoms with Gasteiger partial charge in [0.2, 0.25) is 0 Å². The fourth-order valence-electron chi connectivity index (χ4n) is 2.09. The lowest BCUT2D eigenvalue weighted by molar-refractivity contribution is 0.0643. The number of nitrogens with zero attached hydrogens (tertiary/aromatic N) is 3. The van der Waals surface area contributed by atoms with Gasteiger partial charge in [-0.1, -0.05) is 17.8 Å². The minimum Gasteiger partial charge on any atom is -0.337 e. The van der Waals surface area contributed by atoms with Crippen molar-refractivity contribution in [3.63, 3.8) is 0 Å². The molecule has 1 fully saturated rings. The van der Waals surface area contributed by atoms with Gasteiger partial charge in [-0.15, -0.1) is 5.10 Å². The molecule has 2 rings (SSSR count). The van der Waals surface area contributed by atoms with E-state index in [0.29, 0.717) is 11.6 Å². The van der Waals surface area contributed by atoms with Crippen LogP contribution in [0.1, 0.15) is 30.3 Å². The van der Waals surface area contributed by atoms with Crippen LogP contribution in [-0.4, -0.2) is 39.5 Å². The average Bonchev–Trinajstić information content (AvgIpc) is 2.82. The van der Waals surface area contributed by atoms with E-state index < -0.39 is 0 Å². The zero-order valence-electron chi connectivity index (χ0n) is 9.30. The van der Waals surface area contributed by atoms with Crippen molar-refractivity contribution >= 4 is 17.4 Å². The van der Waals surface area contributed by atoms with Crippen molar-refractivity contribution in [2.24, 2.45) is 11.7 Å². The number of hydrogen-bond donors (Lipinski definition) is 1. The highest BCUT2D eigenvalue weighted by atomic mass is 32.1. The number of piperidine rings is 1. The molecule has 0 aliphatic carbocycles. The van der Waals surface area contributed by atoms with Gasteiger partial charge in [-0.2, -0.15) is 0 Å². The summed E-state index contributed by atoms with van der Waals surface area (Å²) >= 11 is 1.21. The Hall–Kier alpha value is -1.01. The monoisotopic (exact) mass is 240 g/mol. The fourth-order valence-corrected chi connectivity index (χ4v) is 2.52. The molecule has 2 unspecified atom stereocenters. The average molecular weight is 240 g/mol. The molecule has 1 saturated heterocycles. The summed E-state index contributed by atoms with van der Waals surface area (Å²) < 4.78 is 3.71. The van der Waals surface area contributed by atoms with Gasteiger partial charge in [-0.25, -0.2) is 0 Å². The van der Waals surface area contributed by atoms with Gasteiger partial charge in [0.25, 0.3) is 5.91 Å². The second-order valence-electron chi connectivity index (χ2n) is 4.16. The first-order chi connectivity index (χ1) is 7.72. The molecule has 0 radical (unpaired) electrons. The van der Waals surface area contributed by atoms with Crippen LogP contribution in [0.4, 0.5) is 0 Å². The summed E-state index contributed by atoms with van der Waals surface area (Å²) in [5.41, 5.74) is 6.46. The molecule has 1 aliphatic rings. The van der Waals surface area contributed by atoms with Crippen LogP contribution < -0.4 is 5.73 Å². The molecule has 2 heterocycles. The second-order valence-corrected chi connectivity index (χ2v) is 4.77. The summed E-state index contributed by atoms with van der Waals surface area (Å²) in [5, 5.41) is 5.50. The Bertz CT molecular complexity index is 354. The zero-order valence-corrected chi connectivity index (χ0v) is 10.1. The molecule has 0 saturated carbocycles. The van der Waals surface area contributed by atoms with Gasteiger partial charge in [0, 0.05) is 24.5 Å². The van der Waals surface area contributed by atoms with Gasteiger partial charge in [0.1, 0.15) is 0 Å². The predicted octanol–water partition coefficient (Wildman–Crippen LogP) is 0.738. The molecule has 6 heteroatoms. The van der Waals surface area contributed by atoms with Crippen molar-refractivity contribution in [1.82, 2.24) is 14.5 Å². The molecule has 16 heavy (non-hydrogen) atoms. The number of aromatic nitrogens is 2. The van der Waals surface area contributed by atoms with Crippen LogP contribution in [0.25, 0.3) is 0 Å². The predicted molar refractivity (Wildman–Crippen MR) is 62.2 cm³/mol. The van der Waals surface area contributed by atoms with E-state index in [-0.39, 0.29) is 11.9 Å². The minimum atomic E-state index is -0.0147. The molecular formula is C10H16N4OS. The van der Waals surface area contributed by atoms with Crippen molar-refractivity contribution in [2.75, 3.05) is 13.1 Å². The van der Waals surface area contributed by atoms with E-state index in [1.807, 2.05) is 4.90 Å². The van der Waals surface area contributed by atoms with Crippen LogP contribution in [0, 0.1) is 5.92 Å². The number of carbonyl (C=O) groups is 1. The van der Waals surface area contributed by atoms with Crippen molar-refractivity contribution in [3.05, 3.63) is 11.1 Å². The van der Waals surface area contributed by atoms with Gasteiger partial charge < -0.3 is 10.6 Å². The molecule has 1 aromatic heterocycles. The highest BCUT2D eigenvalue weighted by Gasteiger charge is 2.29. The topological polar surface area (TPSA) is 72.1 Å². The number of amides is 1. The van der Waals surface area contributed by atoms with Crippen LogP contribution in [0.2, 0.25) is 0 Å². The van der Waals surface area contributed by atoms with Crippen molar-refractivity contribution in [1.29, 1.82) is 0 Å². The molecule has 1 aromatic rings. The van der Waals surface area contributed by atoms with E-state index in [2.05, 4.69) is 16.5 Å². The lowest BCUT2D eigenvalue weighted by Gasteiger charge is -2.36. The molecule has 0 aromatic carbocycles. The van der Waals surface area contributed by atoms with Crippen LogP contribution >= 0.6 is 11.5 Å². The minimum absolute atomic E-state index is 0.0147. The smallest absolute Gasteiger partial charge is 0.275 e. The highest BCUT2D eigenvalue weighted by Crippen LogP contribution is 2.19. The van der Waals surface area contributed by atoms with Crippen LogP contribution in [0.15, 0.2) is 5.38 Å². The summed E-state index contributed by atoms with van der Waals surface area (Å²) in [4.78, 5) is 13.9. The molecule has 88 valence electrons. The quantitative estimate of drug-likeness (QED) is 0.827. The molecular weight excluding hydrogens is 224 g/mol. The number of likely N-dealkylation sites (tertiary alicyclic amines) is 1. The Kier molecular flexibility index (Phi) is 3.50. The van der Waals surface area contributed by atoms with Crippen LogP contribution in [-0.2, 0) is 0 Å². The molecule has 0 spiro atoms. The number of rotatable bonds is 2. The Balaban J connectivity index is 2.03. The van der Waals surface area contributed by atoms with Crippen molar-refractivity contribution < 1.29 is 4.79 Å². The first-order valence-corrected chi connectivity index (χ1v) is 6.38. The summed E-state index contributed by atoms with van der Waals surface area (Å²) in [7, 11) is 0. The number of carbonyl (C=O) groups excluding carboxylic acids is 1. The number of hydrogen-bond acceptors (Lipinski definition) is 5. The molecule has 2 N–H and O–H groups in total. The number of nitrogens with two attached hydrogens (primary N) is 1. The van der Waals surface area contributed by atoms with Gasteiger partial charge in [0.05, 0.1) is 0 Å². The maximum atomic E-state index is 12.0. The summed E-state index contributed by atoms with van der Waals surface area (Å²) in [6.45, 7) is 3.59. The first-order valence-electron chi connectivity index (χ1n) is 5.54. The van der Waals surface area contributed by atoms with E-state index in [1.165, 1.54) is 11.5 Å². The molecule has 0 bridgehead atoms. The van der Waals surface area contributed by atoms with E-state index >= 15 is 0 Å². The van der Waals surface area contributed by atoms with Gasteiger partial charge in [-0.3, -0.25) is 4.79 Å². The van der Waals surface area contributed by atoms with Gasteiger partial charge in [0.15, 0.2) is 5.69 Å². The maximum absolute atomic E-state index is 12.0. The Morgan fingerprint density at radius 3 is 3.19 bits per heavy atom. The third-order valence-electron chi connectivity index (χ3n) is 3.18. The largest absolute Gasteiger partial charge is 0.337 e. The van der Waals surface area contributed by atoms with Crippen LogP contribution in [0.3, 0.4) is 0 Å². The van der Waals surface area contributed by atoms with Crippen molar-refractivity contribution in [2.45, 2.75) is 25.8 Å². The molecule has 1 amide bonds. The van der Waals surface area contributed by atoms with Crippen molar-refractivity contribution in [3.8, 4) is 0 Å². The Morgan fingerprint density at radius 1 is 1.75 bits per heavy atom. The summed E-state index contributed by atoms with van der Waals surface area (Å²) in [5.74, 6) is 0.392. The maximum Gasteiger partial charge on any atom is 0.275 e. The Morgan fingerprint density at radius 2 is 2.56 bits per heavy atom. The Labute approximate surface area is 98.8 Å².